The van der Waals surface area contributed by atoms with E-state index in [9.17, 15) is 18.0 Å². The van der Waals surface area contributed by atoms with Crippen molar-refractivity contribution in [3.63, 3.8) is 0 Å². The summed E-state index contributed by atoms with van der Waals surface area (Å²) in [5.41, 5.74) is 0.0896. The molecule has 0 aliphatic heterocycles. The van der Waals surface area contributed by atoms with E-state index in [1.54, 1.807) is 6.20 Å². The van der Waals surface area contributed by atoms with Crippen LogP contribution in [0.5, 0.6) is 0 Å². The summed E-state index contributed by atoms with van der Waals surface area (Å²) in [6.07, 6.45) is -1.24. The number of ether oxygens (including phenoxy) is 1. The van der Waals surface area contributed by atoms with Crippen LogP contribution in [-0.4, -0.2) is 24.1 Å². The SMILES string of the molecule is CCOCCCC(=O)Nc1ncc(Cc2ccc(C(F)(F)F)cc2)s1. The Bertz CT molecular complexity index is 684. The molecule has 0 fully saturated rings. The number of nitrogens with zero attached hydrogens (tertiary/aromatic N) is 1. The molecule has 1 heterocycles. The van der Waals surface area contributed by atoms with Crippen molar-refractivity contribution in [3.05, 3.63) is 46.5 Å². The predicted molar refractivity (Wildman–Crippen MR) is 90.7 cm³/mol. The van der Waals surface area contributed by atoms with E-state index in [2.05, 4.69) is 10.3 Å². The first-order valence-corrected chi connectivity index (χ1v) is 8.68. The molecule has 0 atom stereocenters. The first-order valence-electron chi connectivity index (χ1n) is 7.87. The highest BCUT2D eigenvalue weighted by atomic mass is 32.1. The molecule has 0 aliphatic rings. The Morgan fingerprint density at radius 1 is 1.28 bits per heavy atom. The number of hydrogen-bond donors (Lipinski definition) is 1. The summed E-state index contributed by atoms with van der Waals surface area (Å²) in [6.45, 7) is 3.07. The topological polar surface area (TPSA) is 51.2 Å². The fourth-order valence-corrected chi connectivity index (χ4v) is 2.98. The van der Waals surface area contributed by atoms with Gasteiger partial charge in [-0.3, -0.25) is 4.79 Å². The van der Waals surface area contributed by atoms with Gasteiger partial charge in [-0.1, -0.05) is 12.1 Å². The van der Waals surface area contributed by atoms with E-state index in [-0.39, 0.29) is 5.91 Å². The van der Waals surface area contributed by atoms with Gasteiger partial charge in [-0.25, -0.2) is 4.98 Å². The molecule has 0 saturated heterocycles. The van der Waals surface area contributed by atoms with Crippen molar-refractivity contribution in [1.82, 2.24) is 4.98 Å². The molecular weight excluding hydrogens is 353 g/mol. The maximum Gasteiger partial charge on any atom is 0.416 e. The van der Waals surface area contributed by atoms with E-state index >= 15 is 0 Å². The van der Waals surface area contributed by atoms with Gasteiger partial charge in [-0.15, -0.1) is 11.3 Å². The highest BCUT2D eigenvalue weighted by Crippen LogP contribution is 2.29. The number of amides is 1. The van der Waals surface area contributed by atoms with Gasteiger partial charge in [0.25, 0.3) is 0 Å². The average Bonchev–Trinajstić information content (AvgIpc) is 2.98. The fourth-order valence-electron chi connectivity index (χ4n) is 2.12. The van der Waals surface area contributed by atoms with Crippen LogP contribution >= 0.6 is 11.3 Å². The Morgan fingerprint density at radius 2 is 2.00 bits per heavy atom. The zero-order valence-electron chi connectivity index (χ0n) is 13.7. The summed E-state index contributed by atoms with van der Waals surface area (Å²) < 4.78 is 42.8. The molecular formula is C17H19F3N2O2S. The second kappa shape index (κ2) is 8.96. The molecule has 0 unspecified atom stereocenters. The normalized spacial score (nSPS) is 11.5. The lowest BCUT2D eigenvalue weighted by atomic mass is 10.1. The molecule has 4 nitrogen and oxygen atoms in total. The molecule has 1 N–H and O–H groups in total. The van der Waals surface area contributed by atoms with Gasteiger partial charge in [-0.05, 0) is 31.0 Å². The lowest BCUT2D eigenvalue weighted by Crippen LogP contribution is -2.11. The summed E-state index contributed by atoms with van der Waals surface area (Å²) in [5, 5.41) is 3.21. The molecule has 136 valence electrons. The first-order chi connectivity index (χ1) is 11.9. The highest BCUT2D eigenvalue weighted by molar-refractivity contribution is 7.15. The van der Waals surface area contributed by atoms with Gasteiger partial charge >= 0.3 is 6.18 Å². The Hall–Kier alpha value is -1.93. The maximum absolute atomic E-state index is 12.5. The number of aromatic nitrogens is 1. The van der Waals surface area contributed by atoms with Crippen LogP contribution in [0.2, 0.25) is 0 Å². The molecule has 0 saturated carbocycles. The molecule has 0 radical (unpaired) electrons. The summed E-state index contributed by atoms with van der Waals surface area (Å²) in [6, 6.07) is 5.04. The first kappa shape index (κ1) is 19.4. The van der Waals surface area contributed by atoms with Crippen molar-refractivity contribution in [2.45, 2.75) is 32.4 Å². The molecule has 0 aliphatic carbocycles. The summed E-state index contributed by atoms with van der Waals surface area (Å²) in [7, 11) is 0. The third kappa shape index (κ3) is 6.47. The van der Waals surface area contributed by atoms with Crippen molar-refractivity contribution in [1.29, 1.82) is 0 Å². The van der Waals surface area contributed by atoms with Gasteiger partial charge in [0.2, 0.25) is 5.91 Å². The smallest absolute Gasteiger partial charge is 0.382 e. The number of alkyl halides is 3. The van der Waals surface area contributed by atoms with Crippen LogP contribution in [0.4, 0.5) is 18.3 Å². The van der Waals surface area contributed by atoms with Crippen LogP contribution in [0, 0.1) is 0 Å². The lowest BCUT2D eigenvalue weighted by molar-refractivity contribution is -0.137. The van der Waals surface area contributed by atoms with E-state index in [4.69, 9.17) is 4.74 Å². The van der Waals surface area contributed by atoms with Gasteiger partial charge in [0, 0.05) is 37.1 Å². The number of thiazole rings is 1. The van der Waals surface area contributed by atoms with E-state index in [0.717, 1.165) is 22.6 Å². The van der Waals surface area contributed by atoms with E-state index < -0.39 is 11.7 Å². The molecule has 2 aromatic rings. The van der Waals surface area contributed by atoms with Gasteiger partial charge < -0.3 is 10.1 Å². The lowest BCUT2D eigenvalue weighted by Gasteiger charge is -2.06. The zero-order valence-corrected chi connectivity index (χ0v) is 14.5. The maximum atomic E-state index is 12.5. The third-order valence-electron chi connectivity index (χ3n) is 3.36. The molecule has 1 aromatic carbocycles. The largest absolute Gasteiger partial charge is 0.416 e. The molecule has 0 bridgehead atoms. The molecule has 1 aromatic heterocycles. The number of benzene rings is 1. The van der Waals surface area contributed by atoms with Crippen LogP contribution in [0.3, 0.4) is 0 Å². The van der Waals surface area contributed by atoms with Gasteiger partial charge in [0.1, 0.15) is 0 Å². The van der Waals surface area contributed by atoms with Crippen LogP contribution in [0.15, 0.2) is 30.5 Å². The average molecular weight is 372 g/mol. The van der Waals surface area contributed by atoms with E-state index in [0.29, 0.717) is 37.6 Å². The minimum atomic E-state index is -4.33. The second-order valence-electron chi connectivity index (χ2n) is 5.35. The van der Waals surface area contributed by atoms with E-state index in [1.807, 2.05) is 6.92 Å². The molecule has 25 heavy (non-hydrogen) atoms. The Balaban J connectivity index is 1.85. The number of nitrogens with one attached hydrogen (secondary N) is 1. The molecule has 1 amide bonds. The van der Waals surface area contributed by atoms with Gasteiger partial charge in [0.05, 0.1) is 5.56 Å². The third-order valence-corrected chi connectivity index (χ3v) is 4.27. The second-order valence-corrected chi connectivity index (χ2v) is 6.47. The minimum Gasteiger partial charge on any atom is -0.382 e. The van der Waals surface area contributed by atoms with E-state index in [1.165, 1.54) is 23.5 Å². The quantitative estimate of drug-likeness (QED) is 0.694. The summed E-state index contributed by atoms with van der Waals surface area (Å²) >= 11 is 1.31. The number of hydrogen-bond acceptors (Lipinski definition) is 4. The summed E-state index contributed by atoms with van der Waals surface area (Å²) in [4.78, 5) is 16.8. The van der Waals surface area contributed by atoms with Crippen LogP contribution < -0.4 is 5.32 Å². The Morgan fingerprint density at radius 3 is 2.64 bits per heavy atom. The van der Waals surface area contributed by atoms with Crippen molar-refractivity contribution >= 4 is 22.4 Å². The number of carbonyl (C=O) groups is 1. The molecule has 2 rings (SSSR count). The Kier molecular flexibility index (Phi) is 6.95. The number of halogens is 3. The van der Waals surface area contributed by atoms with Crippen molar-refractivity contribution < 1.29 is 22.7 Å². The molecule has 8 heteroatoms. The minimum absolute atomic E-state index is 0.130. The van der Waals surface area contributed by atoms with Crippen LogP contribution in [0.25, 0.3) is 0 Å². The fraction of sp³-hybridized carbons (Fsp3) is 0.412. The highest BCUT2D eigenvalue weighted by Gasteiger charge is 2.29. The van der Waals surface area contributed by atoms with Gasteiger partial charge in [-0.2, -0.15) is 13.2 Å². The zero-order chi connectivity index (χ0) is 18.3. The van der Waals surface area contributed by atoms with Crippen LogP contribution in [0.1, 0.15) is 35.8 Å². The van der Waals surface area contributed by atoms with Crippen molar-refractivity contribution in [2.24, 2.45) is 0 Å². The molecule has 0 spiro atoms. The summed E-state index contributed by atoms with van der Waals surface area (Å²) in [5.74, 6) is -0.130. The van der Waals surface area contributed by atoms with Gasteiger partial charge in [0.15, 0.2) is 5.13 Å². The Labute approximate surface area is 148 Å². The predicted octanol–water partition coefficient (Wildman–Crippen LogP) is 4.51. The van der Waals surface area contributed by atoms with Crippen LogP contribution in [-0.2, 0) is 22.1 Å². The van der Waals surface area contributed by atoms with Crippen molar-refractivity contribution in [2.75, 3.05) is 18.5 Å². The standard InChI is InChI=1S/C17H19F3N2O2S/c1-2-24-9-3-4-15(23)22-16-21-11-14(25-16)10-12-5-7-13(8-6-12)17(18,19)20/h5-8,11H,2-4,9-10H2,1H3,(H,21,22,23). The number of carbonyl (C=O) groups excluding carboxylic acids is 1. The number of anilines is 1. The monoisotopic (exact) mass is 372 g/mol. The number of rotatable bonds is 8. The van der Waals surface area contributed by atoms with Crippen molar-refractivity contribution in [3.8, 4) is 0 Å².